The van der Waals surface area contributed by atoms with E-state index in [2.05, 4.69) is 20.0 Å². The number of nitrogens with one attached hydrogen (secondary N) is 1. The highest BCUT2D eigenvalue weighted by molar-refractivity contribution is 5.75. The summed E-state index contributed by atoms with van der Waals surface area (Å²) < 4.78 is 2.81. The van der Waals surface area contributed by atoms with E-state index in [1.165, 1.54) is 51.4 Å². The summed E-state index contributed by atoms with van der Waals surface area (Å²) in [5.41, 5.74) is 0.179. The molecular formula is C28H32N6O3. The minimum absolute atomic E-state index is 0.0391. The van der Waals surface area contributed by atoms with Crippen molar-refractivity contribution in [2.24, 2.45) is 17.8 Å². The molecule has 0 amide bonds. The molecule has 4 saturated carbocycles. The van der Waals surface area contributed by atoms with E-state index in [1.807, 2.05) is 28.8 Å². The minimum atomic E-state index is -0.753. The van der Waals surface area contributed by atoms with Gasteiger partial charge in [-0.25, -0.2) is 9.78 Å². The molecule has 9 heteroatoms. The standard InChI is InChI=1S/C28H32N6O3/c35-24-15-29-34(27(37)31-24)25-26(36)32(23-7-2-1-6-22(23)30-25)20-11-18-4-3-5-19(12-20)33(18)28-13-16-8-9-21(28)17(10-16)14-28/h1-2,6-7,15-21H,3-5,8-14H2,(H,31,35,37)/t16-,17+,18-,19+,20+,21?,28-/m1/s1. The van der Waals surface area contributed by atoms with Crippen LogP contribution in [0.5, 0.6) is 0 Å². The Labute approximate surface area is 213 Å². The molecule has 9 nitrogen and oxygen atoms in total. The van der Waals surface area contributed by atoms with Crippen molar-refractivity contribution < 1.29 is 0 Å². The lowest BCUT2D eigenvalue weighted by Gasteiger charge is -2.73. The predicted molar refractivity (Wildman–Crippen MR) is 138 cm³/mol. The molecule has 4 aliphatic carbocycles. The second kappa shape index (κ2) is 7.72. The van der Waals surface area contributed by atoms with Crippen molar-refractivity contribution in [2.45, 2.75) is 87.9 Å². The van der Waals surface area contributed by atoms with Crippen molar-refractivity contribution in [2.75, 3.05) is 0 Å². The quantitative estimate of drug-likeness (QED) is 0.593. The summed E-state index contributed by atoms with van der Waals surface area (Å²) in [4.78, 5) is 47.8. The summed E-state index contributed by atoms with van der Waals surface area (Å²) in [5, 5.41) is 3.94. The molecular weight excluding hydrogens is 468 g/mol. The van der Waals surface area contributed by atoms with Crippen LogP contribution in [0.25, 0.3) is 16.9 Å². The molecule has 1 N–H and O–H groups in total. The van der Waals surface area contributed by atoms with Gasteiger partial charge in [0.1, 0.15) is 6.20 Å². The van der Waals surface area contributed by atoms with Gasteiger partial charge in [0, 0.05) is 23.7 Å². The number of hydrogen-bond acceptors (Lipinski definition) is 6. The van der Waals surface area contributed by atoms with Gasteiger partial charge in [-0.15, -0.1) is 0 Å². The molecule has 3 aromatic rings. The molecule has 0 spiro atoms. The summed E-state index contributed by atoms with van der Waals surface area (Å²) in [5.74, 6) is 2.69. The van der Waals surface area contributed by atoms with Crippen molar-refractivity contribution >= 4 is 11.0 Å². The molecule has 1 aromatic carbocycles. The monoisotopic (exact) mass is 500 g/mol. The lowest BCUT2D eigenvalue weighted by molar-refractivity contribution is -0.221. The van der Waals surface area contributed by atoms with Gasteiger partial charge in [0.15, 0.2) is 0 Å². The van der Waals surface area contributed by atoms with Crippen LogP contribution in [0.15, 0.2) is 44.8 Å². The van der Waals surface area contributed by atoms with Gasteiger partial charge in [-0.2, -0.15) is 9.78 Å². The summed E-state index contributed by atoms with van der Waals surface area (Å²) in [7, 11) is 0. The number of aromatic amines is 1. The molecule has 37 heavy (non-hydrogen) atoms. The smallest absolute Gasteiger partial charge is 0.300 e. The van der Waals surface area contributed by atoms with Crippen LogP contribution in [0.3, 0.4) is 0 Å². The number of fused-ring (bicyclic) bond motifs is 4. The maximum Gasteiger partial charge on any atom is 0.351 e. The molecule has 2 saturated heterocycles. The number of nitrogens with zero attached hydrogens (tertiary/aromatic N) is 5. The van der Waals surface area contributed by atoms with Crippen LogP contribution >= 0.6 is 0 Å². The number of piperidine rings is 2. The maximum atomic E-state index is 14.0. The zero-order valence-corrected chi connectivity index (χ0v) is 20.9. The van der Waals surface area contributed by atoms with E-state index in [-0.39, 0.29) is 17.4 Å². The predicted octanol–water partition coefficient (Wildman–Crippen LogP) is 2.77. The summed E-state index contributed by atoms with van der Waals surface area (Å²) in [6.07, 6.45) is 13.6. The number of aromatic nitrogens is 5. The molecule has 2 aliphatic heterocycles. The molecule has 0 radical (unpaired) electrons. The van der Waals surface area contributed by atoms with E-state index < -0.39 is 11.2 Å². The second-order valence-corrected chi connectivity index (χ2v) is 12.3. The zero-order chi connectivity index (χ0) is 24.9. The van der Waals surface area contributed by atoms with E-state index >= 15 is 0 Å². The number of para-hydroxylation sites is 2. The van der Waals surface area contributed by atoms with Gasteiger partial charge in [-0.3, -0.25) is 19.5 Å². The Morgan fingerprint density at radius 1 is 0.919 bits per heavy atom. The third-order valence-corrected chi connectivity index (χ3v) is 10.6. The SMILES string of the molecule is O=c1cnn(-c2nc3ccccc3n([C@H]3C[C@H]4CCC[C@@H](C3)N4[C@@]34C[C@@H]5CCC3[C@@H](C5)C4)c2=O)c(=O)[nH]1. The third-order valence-electron chi connectivity index (χ3n) is 10.6. The molecule has 7 atom stereocenters. The van der Waals surface area contributed by atoms with E-state index in [1.54, 1.807) is 0 Å². The van der Waals surface area contributed by atoms with Crippen molar-refractivity contribution in [1.29, 1.82) is 0 Å². The maximum absolute atomic E-state index is 14.0. The number of hydrogen-bond donors (Lipinski definition) is 1. The fourth-order valence-electron chi connectivity index (χ4n) is 9.50. The zero-order valence-electron chi connectivity index (χ0n) is 20.9. The normalized spacial score (nSPS) is 36.4. The van der Waals surface area contributed by atoms with Gasteiger partial charge >= 0.3 is 5.69 Å². The highest BCUT2D eigenvalue weighted by Gasteiger charge is 2.65. The molecule has 6 fully saturated rings. The first-order valence-corrected chi connectivity index (χ1v) is 14.0. The summed E-state index contributed by atoms with van der Waals surface area (Å²) in [6.45, 7) is 0. The van der Waals surface area contributed by atoms with Crippen LogP contribution in [-0.4, -0.2) is 46.8 Å². The Hall–Kier alpha value is -3.07. The Balaban J connectivity index is 1.22. The Morgan fingerprint density at radius 3 is 2.46 bits per heavy atom. The molecule has 6 aliphatic rings. The van der Waals surface area contributed by atoms with Crippen LogP contribution in [0.2, 0.25) is 0 Å². The van der Waals surface area contributed by atoms with Crippen LogP contribution in [0.1, 0.15) is 70.3 Å². The van der Waals surface area contributed by atoms with Gasteiger partial charge < -0.3 is 4.57 Å². The average Bonchev–Trinajstić information content (AvgIpc) is 2.88. The third kappa shape index (κ3) is 3.03. The minimum Gasteiger partial charge on any atom is -0.300 e. The van der Waals surface area contributed by atoms with Gasteiger partial charge in [-0.05, 0) is 81.3 Å². The van der Waals surface area contributed by atoms with Crippen molar-refractivity contribution in [3.05, 3.63) is 61.7 Å². The molecule has 2 aromatic heterocycles. The molecule has 4 heterocycles. The molecule has 6 bridgehead atoms. The van der Waals surface area contributed by atoms with Crippen molar-refractivity contribution in [3.63, 3.8) is 0 Å². The average molecular weight is 501 g/mol. The molecule has 1 unspecified atom stereocenters. The Kier molecular flexibility index (Phi) is 4.58. The second-order valence-electron chi connectivity index (χ2n) is 12.3. The molecule has 9 rings (SSSR count). The first-order chi connectivity index (χ1) is 18.0. The Bertz CT molecular complexity index is 1580. The lowest BCUT2D eigenvalue weighted by Crippen LogP contribution is -2.75. The van der Waals surface area contributed by atoms with E-state index in [4.69, 9.17) is 0 Å². The van der Waals surface area contributed by atoms with Gasteiger partial charge in [-0.1, -0.05) is 25.0 Å². The van der Waals surface area contributed by atoms with E-state index in [9.17, 15) is 14.4 Å². The van der Waals surface area contributed by atoms with E-state index in [0.717, 1.165) is 47.0 Å². The highest BCUT2D eigenvalue weighted by atomic mass is 16.2. The first-order valence-electron chi connectivity index (χ1n) is 14.0. The number of rotatable bonds is 3. The highest BCUT2D eigenvalue weighted by Crippen LogP contribution is 2.67. The number of benzene rings is 1. The number of H-pyrrole nitrogens is 1. The van der Waals surface area contributed by atoms with Crippen LogP contribution in [0.4, 0.5) is 0 Å². The van der Waals surface area contributed by atoms with Gasteiger partial charge in [0.25, 0.3) is 11.1 Å². The van der Waals surface area contributed by atoms with Gasteiger partial charge in [0.2, 0.25) is 5.82 Å². The first kappa shape index (κ1) is 22.0. The Morgan fingerprint density at radius 2 is 1.73 bits per heavy atom. The van der Waals surface area contributed by atoms with Crippen molar-refractivity contribution in [3.8, 4) is 5.82 Å². The largest absolute Gasteiger partial charge is 0.351 e. The van der Waals surface area contributed by atoms with Gasteiger partial charge in [0.05, 0.1) is 11.0 Å². The van der Waals surface area contributed by atoms with E-state index in [0.29, 0.717) is 23.1 Å². The van der Waals surface area contributed by atoms with Crippen molar-refractivity contribution in [1.82, 2.24) is 29.2 Å². The topological polar surface area (TPSA) is 106 Å². The lowest BCUT2D eigenvalue weighted by atomic mass is 9.42. The van der Waals surface area contributed by atoms with Crippen LogP contribution < -0.4 is 16.8 Å². The fraction of sp³-hybridized carbons (Fsp3) is 0.607. The summed E-state index contributed by atoms with van der Waals surface area (Å²) in [6, 6.07) is 8.67. The van der Waals surface area contributed by atoms with Crippen LogP contribution in [-0.2, 0) is 0 Å². The molecule has 192 valence electrons. The fourth-order valence-corrected chi connectivity index (χ4v) is 9.50. The van der Waals surface area contributed by atoms with Crippen LogP contribution in [0, 0.1) is 17.8 Å². The summed E-state index contributed by atoms with van der Waals surface area (Å²) >= 11 is 0.